The SMILES string of the molecule is CC(C)S(=O)(=O)Nc1ccc(-c2cccc(N(CC34CCC(c5nc(C6CC6)no5)(CC3)CC4)C(=O)CC34CC(F)(C3)C4)c2)cc1. The van der Waals surface area contributed by atoms with Crippen molar-refractivity contribution in [2.45, 2.75) is 113 Å². The predicted molar refractivity (Wildman–Crippen MR) is 175 cm³/mol. The lowest BCUT2D eigenvalue weighted by Gasteiger charge is -2.66. The van der Waals surface area contributed by atoms with Crippen LogP contribution in [-0.2, 0) is 20.2 Å². The van der Waals surface area contributed by atoms with Gasteiger partial charge in [-0.3, -0.25) is 9.52 Å². The highest BCUT2D eigenvalue weighted by molar-refractivity contribution is 7.93. The zero-order valence-corrected chi connectivity index (χ0v) is 27.5. The summed E-state index contributed by atoms with van der Waals surface area (Å²) >= 11 is 0. The quantitative estimate of drug-likeness (QED) is 0.229. The molecule has 244 valence electrons. The summed E-state index contributed by atoms with van der Waals surface area (Å²) in [4.78, 5) is 21.0. The van der Waals surface area contributed by atoms with E-state index in [2.05, 4.69) is 15.9 Å². The molecule has 3 aromatic rings. The minimum atomic E-state index is -3.44. The number of carbonyl (C=O) groups is 1. The number of sulfonamides is 1. The Morgan fingerprint density at radius 1 is 0.978 bits per heavy atom. The highest BCUT2D eigenvalue weighted by Gasteiger charge is 2.69. The van der Waals surface area contributed by atoms with Gasteiger partial charge in [-0.1, -0.05) is 29.4 Å². The van der Waals surface area contributed by atoms with E-state index in [-0.39, 0.29) is 22.2 Å². The van der Waals surface area contributed by atoms with Crippen LogP contribution < -0.4 is 9.62 Å². The second kappa shape index (κ2) is 10.4. The third-order valence-corrected chi connectivity index (χ3v) is 13.7. The average Bonchev–Trinajstić information content (AvgIpc) is 3.75. The summed E-state index contributed by atoms with van der Waals surface area (Å²) in [5.74, 6) is 2.24. The van der Waals surface area contributed by atoms with Crippen molar-refractivity contribution >= 4 is 27.3 Å². The number of nitrogens with zero attached hydrogens (tertiary/aromatic N) is 3. The molecule has 0 radical (unpaired) electrons. The maximum absolute atomic E-state index is 14.4. The number of halogens is 1. The summed E-state index contributed by atoms with van der Waals surface area (Å²) in [5.41, 5.74) is 2.02. The number of hydrogen-bond donors (Lipinski definition) is 1. The fraction of sp³-hybridized carbons (Fsp3) is 0.583. The van der Waals surface area contributed by atoms with Crippen LogP contribution >= 0.6 is 0 Å². The number of carbonyl (C=O) groups excluding carboxylic acids is 1. The van der Waals surface area contributed by atoms with Gasteiger partial charge in [-0.15, -0.1) is 0 Å². The van der Waals surface area contributed by atoms with E-state index >= 15 is 0 Å². The van der Waals surface area contributed by atoms with Gasteiger partial charge < -0.3 is 9.42 Å². The van der Waals surface area contributed by atoms with Crippen molar-refractivity contribution in [3.8, 4) is 11.1 Å². The van der Waals surface area contributed by atoms with E-state index in [1.807, 2.05) is 35.2 Å². The molecule has 10 heteroatoms. The Morgan fingerprint density at radius 2 is 1.65 bits per heavy atom. The second-order valence-corrected chi connectivity index (χ2v) is 17.9. The molecule has 7 fully saturated rings. The first kappa shape index (κ1) is 30.1. The standard InChI is InChI=1S/C36H43FN4O4S/c1-24(2)46(43,44)40-28-10-8-25(9-11-28)27-4-3-5-29(18-27)41(30(42)19-34-20-36(37,21-34)22-34)23-33-12-15-35(16-13-33,17-14-33)32-38-31(39-45-32)26-6-7-26/h3-5,8-11,18,24,26,40H,6-7,12-17,19-23H2,1-2H3. The number of benzene rings is 2. The molecule has 8 nitrogen and oxygen atoms in total. The normalized spacial score (nSPS) is 31.3. The Morgan fingerprint density at radius 3 is 2.26 bits per heavy atom. The van der Waals surface area contributed by atoms with E-state index in [0.717, 1.165) is 79.9 Å². The van der Waals surface area contributed by atoms with Crippen molar-refractivity contribution in [1.82, 2.24) is 10.1 Å². The summed E-state index contributed by atoms with van der Waals surface area (Å²) in [6.45, 7) is 3.94. The van der Waals surface area contributed by atoms with E-state index in [4.69, 9.17) is 9.51 Å². The van der Waals surface area contributed by atoms with Crippen LogP contribution in [0.15, 0.2) is 53.1 Å². The van der Waals surface area contributed by atoms with E-state index in [1.165, 1.54) is 0 Å². The first-order chi connectivity index (χ1) is 21.9. The van der Waals surface area contributed by atoms with Gasteiger partial charge in [-0.2, -0.15) is 4.98 Å². The lowest BCUT2D eigenvalue weighted by atomic mass is 9.41. The van der Waals surface area contributed by atoms with Crippen LogP contribution in [0.5, 0.6) is 0 Å². The summed E-state index contributed by atoms with van der Waals surface area (Å²) in [7, 11) is -3.44. The Balaban J connectivity index is 1.03. The van der Waals surface area contributed by atoms with Crippen molar-refractivity contribution < 1.29 is 22.1 Å². The molecule has 0 spiro atoms. The Hall–Kier alpha value is -3.27. The van der Waals surface area contributed by atoms with E-state index < -0.39 is 20.9 Å². The fourth-order valence-corrected chi connectivity index (χ4v) is 9.47. The molecule has 10 rings (SSSR count). The number of amides is 1. The fourth-order valence-electron chi connectivity index (χ4n) is 8.77. The van der Waals surface area contributed by atoms with Gasteiger partial charge in [0, 0.05) is 35.7 Å². The smallest absolute Gasteiger partial charge is 0.235 e. The highest BCUT2D eigenvalue weighted by Crippen LogP contribution is 2.71. The van der Waals surface area contributed by atoms with Crippen molar-refractivity contribution in [3.63, 3.8) is 0 Å². The molecule has 0 saturated heterocycles. The molecule has 1 amide bonds. The first-order valence-corrected chi connectivity index (χ1v) is 18.5. The topological polar surface area (TPSA) is 105 Å². The van der Waals surface area contributed by atoms with Crippen LogP contribution in [-0.4, -0.2) is 41.9 Å². The second-order valence-electron chi connectivity index (χ2n) is 15.7. The maximum Gasteiger partial charge on any atom is 0.235 e. The number of hydrogen-bond acceptors (Lipinski definition) is 6. The number of rotatable bonds is 11. The predicted octanol–water partition coefficient (Wildman–Crippen LogP) is 7.67. The average molecular weight is 647 g/mol. The maximum atomic E-state index is 14.4. The van der Waals surface area contributed by atoms with Gasteiger partial charge in [-0.25, -0.2) is 12.8 Å². The van der Waals surface area contributed by atoms with Gasteiger partial charge >= 0.3 is 0 Å². The molecule has 7 saturated carbocycles. The number of fused-ring (bicyclic) bond motifs is 3. The molecular formula is C36H43FN4O4S. The molecule has 1 N–H and O–H groups in total. The minimum absolute atomic E-state index is 0.0166. The van der Waals surface area contributed by atoms with Gasteiger partial charge in [-0.05, 0) is 131 Å². The number of anilines is 2. The van der Waals surface area contributed by atoms with Crippen LogP contribution in [0.1, 0.15) is 109 Å². The van der Waals surface area contributed by atoms with Crippen LogP contribution in [0.2, 0.25) is 0 Å². The van der Waals surface area contributed by atoms with E-state index in [9.17, 15) is 17.6 Å². The van der Waals surface area contributed by atoms with Crippen molar-refractivity contribution in [2.24, 2.45) is 10.8 Å². The first-order valence-electron chi connectivity index (χ1n) is 16.9. The Kier molecular flexibility index (Phi) is 6.78. The molecule has 0 aliphatic heterocycles. The van der Waals surface area contributed by atoms with Gasteiger partial charge in [0.25, 0.3) is 0 Å². The van der Waals surface area contributed by atoms with Gasteiger partial charge in [0.05, 0.1) is 5.25 Å². The minimum Gasteiger partial charge on any atom is -0.339 e. The lowest BCUT2D eigenvalue weighted by Crippen LogP contribution is -2.65. The van der Waals surface area contributed by atoms with Crippen LogP contribution in [0.25, 0.3) is 11.1 Å². The van der Waals surface area contributed by atoms with Crippen molar-refractivity contribution in [3.05, 3.63) is 60.2 Å². The summed E-state index contributed by atoms with van der Waals surface area (Å²) in [6, 6.07) is 15.4. The molecule has 46 heavy (non-hydrogen) atoms. The molecular weight excluding hydrogens is 603 g/mol. The van der Waals surface area contributed by atoms with Crippen LogP contribution in [0, 0.1) is 10.8 Å². The van der Waals surface area contributed by atoms with Crippen LogP contribution in [0.3, 0.4) is 0 Å². The molecule has 7 aliphatic carbocycles. The summed E-state index contributed by atoms with van der Waals surface area (Å²) in [5, 5.41) is 3.78. The van der Waals surface area contributed by atoms with Gasteiger partial charge in [0.15, 0.2) is 5.82 Å². The van der Waals surface area contributed by atoms with Gasteiger partial charge in [0.1, 0.15) is 5.67 Å². The Bertz CT molecular complexity index is 1740. The summed E-state index contributed by atoms with van der Waals surface area (Å²) in [6.07, 6.45) is 10.2. The zero-order chi connectivity index (χ0) is 32.0. The molecule has 1 aromatic heterocycles. The molecule has 7 aliphatic rings. The monoisotopic (exact) mass is 646 g/mol. The lowest BCUT2D eigenvalue weighted by molar-refractivity contribution is -0.215. The molecule has 0 atom stereocenters. The van der Waals surface area contributed by atoms with E-state index in [1.54, 1.807) is 26.0 Å². The largest absolute Gasteiger partial charge is 0.339 e. The van der Waals surface area contributed by atoms with Crippen LogP contribution in [0.4, 0.5) is 15.8 Å². The molecule has 2 aromatic carbocycles. The number of nitrogens with one attached hydrogen (secondary N) is 1. The number of aromatic nitrogens is 2. The third-order valence-electron chi connectivity index (χ3n) is 11.9. The molecule has 0 unspecified atom stereocenters. The molecule has 1 heterocycles. The highest BCUT2D eigenvalue weighted by atomic mass is 32.2. The Labute approximate surface area is 270 Å². The number of alkyl halides is 1. The zero-order valence-electron chi connectivity index (χ0n) is 26.7. The summed E-state index contributed by atoms with van der Waals surface area (Å²) < 4.78 is 47.6. The molecule has 4 bridgehead atoms. The van der Waals surface area contributed by atoms with E-state index in [0.29, 0.717) is 43.8 Å². The third kappa shape index (κ3) is 5.24. The van der Waals surface area contributed by atoms with Crippen molar-refractivity contribution in [1.29, 1.82) is 0 Å². The van der Waals surface area contributed by atoms with Crippen molar-refractivity contribution in [2.75, 3.05) is 16.2 Å². The van der Waals surface area contributed by atoms with Gasteiger partial charge in [0.2, 0.25) is 21.8 Å².